The Labute approximate surface area is 84.1 Å². The summed E-state index contributed by atoms with van der Waals surface area (Å²) in [4.78, 5) is 0. The lowest BCUT2D eigenvalue weighted by Crippen LogP contribution is -1.90. The Morgan fingerprint density at radius 2 is 2.29 bits per heavy atom. The van der Waals surface area contributed by atoms with Crippen LogP contribution in [0.2, 0.25) is 0 Å². The number of nitrogens with zero attached hydrogens (tertiary/aromatic N) is 1. The predicted molar refractivity (Wildman–Crippen MR) is 54.7 cm³/mol. The van der Waals surface area contributed by atoms with E-state index in [-0.39, 0.29) is 6.42 Å². The number of hydrogen-bond donors (Lipinski definition) is 0. The molecule has 1 aromatic carbocycles. The van der Waals surface area contributed by atoms with Crippen molar-refractivity contribution in [3.05, 3.63) is 29.8 Å². The van der Waals surface area contributed by atoms with Crippen LogP contribution in [0.4, 0.5) is 0 Å². The van der Waals surface area contributed by atoms with Crippen molar-refractivity contribution in [2.45, 2.75) is 13.3 Å². The quantitative estimate of drug-likeness (QED) is 0.662. The van der Waals surface area contributed by atoms with Crippen molar-refractivity contribution in [2.75, 3.05) is 6.61 Å². The molecule has 0 saturated carbocycles. The highest BCUT2D eigenvalue weighted by atomic mass is 16.5. The third-order valence-corrected chi connectivity index (χ3v) is 1.55. The van der Waals surface area contributed by atoms with Gasteiger partial charge in [-0.25, -0.2) is 0 Å². The van der Waals surface area contributed by atoms with Crippen molar-refractivity contribution in [1.82, 2.24) is 0 Å². The average molecular weight is 185 g/mol. The average Bonchev–Trinajstić information content (AvgIpc) is 2.19. The van der Waals surface area contributed by atoms with Crippen LogP contribution in [0, 0.1) is 23.2 Å². The molecule has 70 valence electrons. The van der Waals surface area contributed by atoms with Gasteiger partial charge in [0.1, 0.15) is 5.75 Å². The molecular formula is C12H11NO. The van der Waals surface area contributed by atoms with E-state index in [0.717, 1.165) is 11.3 Å². The zero-order chi connectivity index (χ0) is 10.2. The zero-order valence-corrected chi connectivity index (χ0v) is 8.08. The minimum Gasteiger partial charge on any atom is -0.494 e. The fourth-order valence-corrected chi connectivity index (χ4v) is 1.02. The Kier molecular flexibility index (Phi) is 4.11. The van der Waals surface area contributed by atoms with E-state index in [1.165, 1.54) is 0 Å². The second-order valence-corrected chi connectivity index (χ2v) is 2.60. The van der Waals surface area contributed by atoms with E-state index in [4.69, 9.17) is 10.00 Å². The highest BCUT2D eigenvalue weighted by Crippen LogP contribution is 2.12. The van der Waals surface area contributed by atoms with Crippen LogP contribution in [0.15, 0.2) is 24.3 Å². The molecule has 0 heterocycles. The van der Waals surface area contributed by atoms with E-state index in [1.807, 2.05) is 37.3 Å². The molecule has 0 aliphatic carbocycles. The maximum Gasteiger partial charge on any atom is 0.120 e. The van der Waals surface area contributed by atoms with Gasteiger partial charge in [0.15, 0.2) is 0 Å². The summed E-state index contributed by atoms with van der Waals surface area (Å²) < 4.78 is 5.32. The Bertz CT molecular complexity index is 393. The van der Waals surface area contributed by atoms with Crippen LogP contribution < -0.4 is 4.74 Å². The normalized spacial score (nSPS) is 8.29. The molecule has 0 radical (unpaired) electrons. The second-order valence-electron chi connectivity index (χ2n) is 2.60. The van der Waals surface area contributed by atoms with Gasteiger partial charge in [-0.3, -0.25) is 0 Å². The SMILES string of the molecule is CCOc1cccc(C#CCC#N)c1. The third kappa shape index (κ3) is 3.21. The highest BCUT2D eigenvalue weighted by Gasteiger charge is 1.91. The van der Waals surface area contributed by atoms with E-state index < -0.39 is 0 Å². The number of hydrogen-bond acceptors (Lipinski definition) is 2. The molecule has 1 rings (SSSR count). The molecule has 0 fully saturated rings. The number of benzene rings is 1. The first-order valence-electron chi connectivity index (χ1n) is 4.45. The fraction of sp³-hybridized carbons (Fsp3) is 0.250. The van der Waals surface area contributed by atoms with Crippen LogP contribution in [0.25, 0.3) is 0 Å². The maximum atomic E-state index is 8.31. The molecule has 0 N–H and O–H groups in total. The van der Waals surface area contributed by atoms with E-state index in [1.54, 1.807) is 0 Å². The number of ether oxygens (including phenoxy) is 1. The smallest absolute Gasteiger partial charge is 0.120 e. The van der Waals surface area contributed by atoms with Crippen molar-refractivity contribution in [3.63, 3.8) is 0 Å². The van der Waals surface area contributed by atoms with E-state index >= 15 is 0 Å². The number of rotatable bonds is 2. The molecule has 0 aromatic heterocycles. The maximum absolute atomic E-state index is 8.31. The van der Waals surface area contributed by atoms with E-state index in [2.05, 4.69) is 11.8 Å². The van der Waals surface area contributed by atoms with Crippen LogP contribution in [-0.2, 0) is 0 Å². The first-order chi connectivity index (χ1) is 6.86. The Balaban J connectivity index is 2.75. The zero-order valence-electron chi connectivity index (χ0n) is 8.08. The summed E-state index contributed by atoms with van der Waals surface area (Å²) in [5.41, 5.74) is 0.881. The molecule has 0 saturated heterocycles. The minimum atomic E-state index is 0.263. The first kappa shape index (κ1) is 10.2. The van der Waals surface area contributed by atoms with Gasteiger partial charge in [0, 0.05) is 5.56 Å². The highest BCUT2D eigenvalue weighted by molar-refractivity contribution is 5.40. The summed E-state index contributed by atoms with van der Waals surface area (Å²) in [6.07, 6.45) is 0.263. The Hall–Kier alpha value is -1.93. The van der Waals surface area contributed by atoms with Gasteiger partial charge in [-0.05, 0) is 25.1 Å². The Morgan fingerprint density at radius 1 is 1.43 bits per heavy atom. The molecule has 2 heteroatoms. The predicted octanol–water partition coefficient (Wildman–Crippen LogP) is 2.35. The van der Waals surface area contributed by atoms with Gasteiger partial charge >= 0.3 is 0 Å². The molecule has 0 amide bonds. The van der Waals surface area contributed by atoms with Gasteiger partial charge in [0.25, 0.3) is 0 Å². The summed E-state index contributed by atoms with van der Waals surface area (Å²) in [6, 6.07) is 9.52. The van der Waals surface area contributed by atoms with Crippen molar-refractivity contribution < 1.29 is 4.74 Å². The molecule has 2 nitrogen and oxygen atoms in total. The lowest BCUT2D eigenvalue weighted by atomic mass is 10.2. The summed E-state index contributed by atoms with van der Waals surface area (Å²) in [5, 5.41) is 8.31. The lowest BCUT2D eigenvalue weighted by Gasteiger charge is -2.01. The monoisotopic (exact) mass is 185 g/mol. The van der Waals surface area contributed by atoms with Gasteiger partial charge < -0.3 is 4.74 Å². The van der Waals surface area contributed by atoms with Crippen molar-refractivity contribution in [1.29, 1.82) is 5.26 Å². The summed E-state index contributed by atoms with van der Waals surface area (Å²) in [6.45, 7) is 2.59. The van der Waals surface area contributed by atoms with Gasteiger partial charge in [0.05, 0.1) is 19.1 Å². The van der Waals surface area contributed by atoms with E-state index in [0.29, 0.717) is 6.61 Å². The summed E-state index contributed by atoms with van der Waals surface area (Å²) >= 11 is 0. The van der Waals surface area contributed by atoms with Gasteiger partial charge in [0.2, 0.25) is 0 Å². The Morgan fingerprint density at radius 3 is 3.00 bits per heavy atom. The molecule has 1 aromatic rings. The van der Waals surface area contributed by atoms with Gasteiger partial charge in [-0.2, -0.15) is 5.26 Å². The molecule has 0 atom stereocenters. The molecule has 14 heavy (non-hydrogen) atoms. The second kappa shape index (κ2) is 5.67. The first-order valence-corrected chi connectivity index (χ1v) is 4.45. The van der Waals surface area contributed by atoms with Crippen molar-refractivity contribution in [3.8, 4) is 23.7 Å². The van der Waals surface area contributed by atoms with E-state index in [9.17, 15) is 0 Å². The van der Waals surface area contributed by atoms with Crippen molar-refractivity contribution >= 4 is 0 Å². The molecule has 0 unspecified atom stereocenters. The lowest BCUT2D eigenvalue weighted by molar-refractivity contribution is 0.340. The number of nitriles is 1. The van der Waals surface area contributed by atoms with Crippen LogP contribution in [-0.4, -0.2) is 6.61 Å². The molecule has 0 aliphatic rings. The van der Waals surface area contributed by atoms with Crippen LogP contribution in [0.1, 0.15) is 18.9 Å². The topological polar surface area (TPSA) is 33.0 Å². The van der Waals surface area contributed by atoms with Crippen LogP contribution >= 0.6 is 0 Å². The fourth-order valence-electron chi connectivity index (χ4n) is 1.02. The van der Waals surface area contributed by atoms with Gasteiger partial charge in [-0.15, -0.1) is 0 Å². The molecule has 0 bridgehead atoms. The molecular weight excluding hydrogens is 174 g/mol. The van der Waals surface area contributed by atoms with Gasteiger partial charge in [-0.1, -0.05) is 17.9 Å². The third-order valence-electron chi connectivity index (χ3n) is 1.55. The minimum absolute atomic E-state index is 0.263. The summed E-state index contributed by atoms with van der Waals surface area (Å²) in [7, 11) is 0. The summed E-state index contributed by atoms with van der Waals surface area (Å²) in [5.74, 6) is 6.46. The van der Waals surface area contributed by atoms with Crippen LogP contribution in [0.5, 0.6) is 5.75 Å². The van der Waals surface area contributed by atoms with Crippen molar-refractivity contribution in [2.24, 2.45) is 0 Å². The largest absolute Gasteiger partial charge is 0.494 e. The molecule has 0 spiro atoms. The molecule has 0 aliphatic heterocycles. The van der Waals surface area contributed by atoms with Crippen LogP contribution in [0.3, 0.4) is 0 Å². The standard InChI is InChI=1S/C12H11NO/c1-2-14-12-8-5-7-11(10-12)6-3-4-9-13/h5,7-8,10H,2,4H2,1H3.